The number of fused-ring (bicyclic) bond motifs is 1. The lowest BCUT2D eigenvalue weighted by Crippen LogP contribution is -2.35. The van der Waals surface area contributed by atoms with E-state index in [2.05, 4.69) is 19.2 Å². The van der Waals surface area contributed by atoms with E-state index in [0.717, 1.165) is 34.6 Å². The van der Waals surface area contributed by atoms with Crippen LogP contribution in [0.15, 0.2) is 59.0 Å². The molecule has 0 aliphatic carbocycles. The van der Waals surface area contributed by atoms with Crippen molar-refractivity contribution in [3.63, 3.8) is 0 Å². The minimum Gasteiger partial charge on any atom is -0.461 e. The number of anilines is 1. The topological polar surface area (TPSA) is 62.6 Å². The van der Waals surface area contributed by atoms with Crippen molar-refractivity contribution in [2.24, 2.45) is 5.92 Å². The van der Waals surface area contributed by atoms with Crippen LogP contribution >= 0.6 is 0 Å². The quantitative estimate of drug-likeness (QED) is 0.603. The second kappa shape index (κ2) is 8.80. The summed E-state index contributed by atoms with van der Waals surface area (Å²) >= 11 is 0. The Hall–Kier alpha value is -3.34. The predicted octanol–water partition coefficient (Wildman–Crippen LogP) is 5.44. The molecule has 0 fully saturated rings. The van der Waals surface area contributed by atoms with E-state index in [4.69, 9.17) is 4.42 Å². The van der Waals surface area contributed by atoms with Gasteiger partial charge in [-0.15, -0.1) is 0 Å². The van der Waals surface area contributed by atoms with Crippen LogP contribution in [-0.4, -0.2) is 23.3 Å². The molecule has 2 heterocycles. The zero-order valence-electron chi connectivity index (χ0n) is 18.3. The smallest absolute Gasteiger partial charge is 0.255 e. The lowest BCUT2D eigenvalue weighted by atomic mass is 10.0. The number of hydrogen-bond acceptors (Lipinski definition) is 3. The number of benzene rings is 2. The number of hydrogen-bond donors (Lipinski definition) is 1. The van der Waals surface area contributed by atoms with Crippen molar-refractivity contribution in [1.29, 1.82) is 0 Å². The molecule has 0 saturated heterocycles. The number of amides is 2. The van der Waals surface area contributed by atoms with Crippen LogP contribution in [0.4, 0.5) is 5.69 Å². The Morgan fingerprint density at radius 2 is 1.90 bits per heavy atom. The summed E-state index contributed by atoms with van der Waals surface area (Å²) in [6.45, 7) is 7.34. The van der Waals surface area contributed by atoms with Gasteiger partial charge >= 0.3 is 0 Å². The molecular weight excluding hydrogens is 388 g/mol. The Labute approximate surface area is 183 Å². The molecule has 31 heavy (non-hydrogen) atoms. The van der Waals surface area contributed by atoms with Crippen LogP contribution in [0, 0.1) is 12.8 Å². The molecule has 1 aliphatic heterocycles. The van der Waals surface area contributed by atoms with E-state index in [1.54, 1.807) is 0 Å². The summed E-state index contributed by atoms with van der Waals surface area (Å²) in [6.07, 6.45) is 1.30. The highest BCUT2D eigenvalue weighted by molar-refractivity contribution is 6.05. The van der Waals surface area contributed by atoms with Crippen LogP contribution in [0.3, 0.4) is 0 Å². The third kappa shape index (κ3) is 4.71. The average Bonchev–Trinajstić information content (AvgIpc) is 3.17. The molecule has 1 N–H and O–H groups in total. The fraction of sp³-hybridized carbons (Fsp3) is 0.308. The van der Waals surface area contributed by atoms with Gasteiger partial charge in [0.15, 0.2) is 0 Å². The maximum Gasteiger partial charge on any atom is 0.255 e. The first-order chi connectivity index (χ1) is 14.9. The standard InChI is InChI=1S/C26H28N2O3/c1-17(2)13-25(29)28-12-11-23-20(16-28)15-24(31-23)19-8-6-9-21(14-19)27-26(30)22-10-5-4-7-18(22)3/h4-10,14-15,17H,11-13,16H2,1-3H3,(H,27,30). The van der Waals surface area contributed by atoms with E-state index in [-0.39, 0.29) is 11.8 Å². The largest absolute Gasteiger partial charge is 0.461 e. The van der Waals surface area contributed by atoms with Crippen LogP contribution in [-0.2, 0) is 17.8 Å². The first-order valence-electron chi connectivity index (χ1n) is 10.8. The molecule has 160 valence electrons. The summed E-state index contributed by atoms with van der Waals surface area (Å²) in [5.41, 5.74) is 4.28. The van der Waals surface area contributed by atoms with E-state index in [1.807, 2.05) is 66.4 Å². The SMILES string of the molecule is Cc1ccccc1C(=O)Nc1cccc(-c2cc3c(o2)CCN(C(=O)CC(C)C)C3)c1. The van der Waals surface area contributed by atoms with Gasteiger partial charge in [0.1, 0.15) is 11.5 Å². The van der Waals surface area contributed by atoms with E-state index >= 15 is 0 Å². The molecule has 0 saturated carbocycles. The fourth-order valence-corrected chi connectivity index (χ4v) is 3.94. The Bertz CT molecular complexity index is 1110. The molecule has 2 amide bonds. The summed E-state index contributed by atoms with van der Waals surface area (Å²) < 4.78 is 6.11. The Kier molecular flexibility index (Phi) is 5.94. The molecule has 0 atom stereocenters. The Morgan fingerprint density at radius 3 is 2.68 bits per heavy atom. The van der Waals surface area contributed by atoms with Crippen LogP contribution in [0.25, 0.3) is 11.3 Å². The molecule has 3 aromatic rings. The van der Waals surface area contributed by atoms with Gasteiger partial charge < -0.3 is 14.6 Å². The summed E-state index contributed by atoms with van der Waals surface area (Å²) in [5, 5.41) is 2.98. The fourth-order valence-electron chi connectivity index (χ4n) is 3.94. The molecule has 0 unspecified atom stereocenters. The second-order valence-electron chi connectivity index (χ2n) is 8.57. The number of rotatable bonds is 5. The van der Waals surface area contributed by atoms with Crippen molar-refractivity contribution < 1.29 is 14.0 Å². The zero-order chi connectivity index (χ0) is 22.0. The van der Waals surface area contributed by atoms with Crippen molar-refractivity contribution in [2.45, 2.75) is 40.2 Å². The summed E-state index contributed by atoms with van der Waals surface area (Å²) in [5.74, 6) is 2.12. The molecule has 5 heteroatoms. The van der Waals surface area contributed by atoms with Crippen molar-refractivity contribution >= 4 is 17.5 Å². The number of carbonyl (C=O) groups excluding carboxylic acids is 2. The maximum absolute atomic E-state index is 12.6. The summed E-state index contributed by atoms with van der Waals surface area (Å²) in [4.78, 5) is 27.0. The van der Waals surface area contributed by atoms with Gasteiger partial charge in [-0.2, -0.15) is 0 Å². The minimum atomic E-state index is -0.131. The predicted molar refractivity (Wildman–Crippen MR) is 122 cm³/mol. The van der Waals surface area contributed by atoms with Crippen molar-refractivity contribution in [3.05, 3.63) is 77.0 Å². The molecule has 0 spiro atoms. The lowest BCUT2D eigenvalue weighted by molar-refractivity contribution is -0.132. The van der Waals surface area contributed by atoms with Crippen LogP contribution in [0.1, 0.15) is 47.5 Å². The number of nitrogens with one attached hydrogen (secondary N) is 1. The van der Waals surface area contributed by atoms with Gasteiger partial charge in [-0.25, -0.2) is 0 Å². The Balaban J connectivity index is 1.50. The number of furan rings is 1. The molecular formula is C26H28N2O3. The molecule has 2 aromatic carbocycles. The number of aryl methyl sites for hydroxylation is 1. The van der Waals surface area contributed by atoms with Gasteiger partial charge in [-0.1, -0.05) is 44.2 Å². The van der Waals surface area contributed by atoms with Crippen molar-refractivity contribution in [1.82, 2.24) is 4.90 Å². The van der Waals surface area contributed by atoms with E-state index in [1.165, 1.54) is 0 Å². The van der Waals surface area contributed by atoms with E-state index < -0.39 is 0 Å². The monoisotopic (exact) mass is 416 g/mol. The first-order valence-corrected chi connectivity index (χ1v) is 10.8. The van der Waals surface area contributed by atoms with Crippen LogP contribution in [0.2, 0.25) is 0 Å². The second-order valence-corrected chi connectivity index (χ2v) is 8.57. The third-order valence-corrected chi connectivity index (χ3v) is 5.60. The zero-order valence-corrected chi connectivity index (χ0v) is 18.3. The molecule has 5 nitrogen and oxygen atoms in total. The molecule has 0 bridgehead atoms. The van der Waals surface area contributed by atoms with Gasteiger partial charge in [-0.3, -0.25) is 9.59 Å². The van der Waals surface area contributed by atoms with E-state index in [9.17, 15) is 9.59 Å². The average molecular weight is 417 g/mol. The van der Waals surface area contributed by atoms with Crippen LogP contribution in [0.5, 0.6) is 0 Å². The summed E-state index contributed by atoms with van der Waals surface area (Å²) in [6, 6.07) is 17.2. The van der Waals surface area contributed by atoms with E-state index in [0.29, 0.717) is 36.7 Å². The van der Waals surface area contributed by atoms with Gasteiger partial charge in [0.25, 0.3) is 5.91 Å². The lowest BCUT2D eigenvalue weighted by Gasteiger charge is -2.26. The molecule has 1 aromatic heterocycles. The van der Waals surface area contributed by atoms with Gasteiger partial charge in [-0.05, 0) is 42.7 Å². The molecule has 0 radical (unpaired) electrons. The summed E-state index contributed by atoms with van der Waals surface area (Å²) in [7, 11) is 0. The first kappa shape index (κ1) is 20.9. The van der Waals surface area contributed by atoms with Crippen molar-refractivity contribution in [2.75, 3.05) is 11.9 Å². The molecule has 4 rings (SSSR count). The molecule has 1 aliphatic rings. The maximum atomic E-state index is 12.6. The van der Waals surface area contributed by atoms with Crippen molar-refractivity contribution in [3.8, 4) is 11.3 Å². The highest BCUT2D eigenvalue weighted by Gasteiger charge is 2.24. The third-order valence-electron chi connectivity index (χ3n) is 5.60. The van der Waals surface area contributed by atoms with Gasteiger partial charge in [0.2, 0.25) is 5.91 Å². The van der Waals surface area contributed by atoms with Crippen LogP contribution < -0.4 is 5.32 Å². The highest BCUT2D eigenvalue weighted by atomic mass is 16.3. The normalized spacial score (nSPS) is 13.2. The number of carbonyl (C=O) groups is 2. The highest BCUT2D eigenvalue weighted by Crippen LogP contribution is 2.31. The van der Waals surface area contributed by atoms with Gasteiger partial charge in [0.05, 0.1) is 0 Å². The minimum absolute atomic E-state index is 0.131. The Morgan fingerprint density at radius 1 is 1.10 bits per heavy atom. The number of nitrogens with zero attached hydrogens (tertiary/aromatic N) is 1. The van der Waals surface area contributed by atoms with Gasteiger partial charge in [0, 0.05) is 48.3 Å².